The summed E-state index contributed by atoms with van der Waals surface area (Å²) in [6, 6.07) is 83.2. The summed E-state index contributed by atoms with van der Waals surface area (Å²) in [4.78, 5) is 0. The van der Waals surface area contributed by atoms with Crippen LogP contribution in [0.2, 0.25) is 0 Å². The van der Waals surface area contributed by atoms with E-state index in [0.717, 1.165) is 6.42 Å². The van der Waals surface area contributed by atoms with E-state index in [9.17, 15) is 0 Å². The van der Waals surface area contributed by atoms with Gasteiger partial charge in [-0.15, -0.1) is 0 Å². The predicted molar refractivity (Wildman–Crippen MR) is 524 cm³/mol. The maximum absolute atomic E-state index is 2.34. The van der Waals surface area contributed by atoms with E-state index < -0.39 is 0 Å². The first-order chi connectivity index (χ1) is 52.3. The first kappa shape index (κ1) is 101. The molecule has 0 fully saturated rings. The van der Waals surface area contributed by atoms with E-state index in [0.29, 0.717) is 0 Å². The van der Waals surface area contributed by atoms with Crippen LogP contribution >= 0.6 is 0 Å². The van der Waals surface area contributed by atoms with Crippen LogP contribution < -0.4 is 0 Å². The minimum atomic E-state index is 0.214. The largest absolute Gasteiger partial charge is 0.0620 e. The van der Waals surface area contributed by atoms with Gasteiger partial charge in [-0.25, -0.2) is 0 Å². The Hall–Kier alpha value is -7.54. The highest BCUT2D eigenvalue weighted by Gasteiger charge is 2.27. The molecule has 0 saturated carbocycles. The lowest BCUT2D eigenvalue weighted by Crippen LogP contribution is -2.21. The highest BCUT2D eigenvalue weighted by atomic mass is 14.3. The Morgan fingerprint density at radius 3 is 0.595 bits per heavy atom. The van der Waals surface area contributed by atoms with Gasteiger partial charge in [-0.2, -0.15) is 0 Å². The van der Waals surface area contributed by atoms with Crippen molar-refractivity contribution >= 4 is 10.8 Å². The van der Waals surface area contributed by atoms with Crippen LogP contribution in [0.4, 0.5) is 0 Å². The van der Waals surface area contributed by atoms with Crippen molar-refractivity contribution in [2.75, 3.05) is 0 Å². The summed E-state index contributed by atoms with van der Waals surface area (Å²) < 4.78 is 0. The molecule has 10 aromatic rings. The molecule has 0 aliphatic heterocycles. The van der Waals surface area contributed by atoms with Crippen molar-refractivity contribution in [3.63, 3.8) is 0 Å². The van der Waals surface area contributed by atoms with Crippen LogP contribution in [-0.2, 0) is 82.2 Å². The smallest absolute Gasteiger partial charge is 0.00258 e. The maximum atomic E-state index is 2.34. The Kier molecular flexibility index (Phi) is 33.6. The summed E-state index contributed by atoms with van der Waals surface area (Å²) in [7, 11) is 0. The fourth-order valence-corrected chi connectivity index (χ4v) is 13.7. The maximum Gasteiger partial charge on any atom is -0.00258 e. The van der Waals surface area contributed by atoms with Gasteiger partial charge in [0.15, 0.2) is 0 Å². The van der Waals surface area contributed by atoms with E-state index >= 15 is 0 Å². The second kappa shape index (κ2) is 38.7. The Labute approximate surface area is 716 Å². The summed E-state index contributed by atoms with van der Waals surface area (Å²) in [5, 5.41) is 2.69. The normalized spacial score (nSPS) is 12.8. The molecular formula is C116H168. The van der Waals surface area contributed by atoms with Crippen LogP contribution in [0.15, 0.2) is 224 Å². The number of hydrogen-bond acceptors (Lipinski definition) is 0. The molecule has 0 N–H and O–H groups in total. The average molecular weight is 1560 g/mol. The molecule has 0 heterocycles. The van der Waals surface area contributed by atoms with E-state index in [2.05, 4.69) is 522 Å². The minimum absolute atomic E-state index is 0.214. The second-order valence-corrected chi connectivity index (χ2v) is 47.7. The molecule has 0 heteroatoms. The highest BCUT2D eigenvalue weighted by molar-refractivity contribution is 5.84. The molecule has 10 rings (SSSR count). The van der Waals surface area contributed by atoms with Crippen molar-refractivity contribution in [1.29, 1.82) is 0 Å². The van der Waals surface area contributed by atoms with Crippen LogP contribution in [0.25, 0.3) is 21.9 Å². The molecule has 0 nitrogen and oxygen atoms in total. The van der Waals surface area contributed by atoms with Gasteiger partial charge in [0, 0.05) is 0 Å². The number of hydrogen-bond donors (Lipinski definition) is 0. The predicted octanol–water partition coefficient (Wildman–Crippen LogP) is 34.7. The zero-order valence-corrected chi connectivity index (χ0v) is 82.6. The molecule has 10 aromatic carbocycles. The third-order valence-corrected chi connectivity index (χ3v) is 22.1. The van der Waals surface area contributed by atoms with Crippen LogP contribution in [0.1, 0.15) is 385 Å². The van der Waals surface area contributed by atoms with Gasteiger partial charge in [-0.3, -0.25) is 0 Å². The number of rotatable bonds is 3. The lowest BCUT2D eigenvalue weighted by molar-refractivity contribution is 0.530. The Morgan fingerprint density at radius 1 is 0.155 bits per heavy atom. The van der Waals surface area contributed by atoms with E-state index in [-0.39, 0.29) is 75.8 Å². The number of benzene rings is 10. The van der Waals surface area contributed by atoms with Gasteiger partial charge in [-0.1, -0.05) is 515 Å². The Bertz CT molecular complexity index is 4370. The van der Waals surface area contributed by atoms with Gasteiger partial charge in [0.2, 0.25) is 0 Å². The van der Waals surface area contributed by atoms with E-state index in [1.165, 1.54) is 116 Å². The minimum Gasteiger partial charge on any atom is -0.0620 e. The van der Waals surface area contributed by atoms with Gasteiger partial charge < -0.3 is 0 Å². The molecule has 116 heavy (non-hydrogen) atoms. The van der Waals surface area contributed by atoms with Crippen molar-refractivity contribution in [3.05, 3.63) is 319 Å². The van der Waals surface area contributed by atoms with E-state index in [4.69, 9.17) is 0 Å². The molecule has 0 aliphatic carbocycles. The fourth-order valence-electron chi connectivity index (χ4n) is 13.7. The molecule has 0 bridgehead atoms. The molecular weight excluding hydrogens is 1390 g/mol. The zero-order chi connectivity index (χ0) is 89.0. The summed E-state index contributed by atoms with van der Waals surface area (Å²) in [6.45, 7) is 97.2. The second-order valence-electron chi connectivity index (χ2n) is 47.7. The lowest BCUT2D eigenvalue weighted by atomic mass is 9.75. The summed E-state index contributed by atoms with van der Waals surface area (Å²) in [5.74, 6) is 0. The van der Waals surface area contributed by atoms with Gasteiger partial charge in [0.25, 0.3) is 0 Å². The van der Waals surface area contributed by atoms with Gasteiger partial charge in [0.1, 0.15) is 0 Å². The Balaban J connectivity index is 0.000000287. The standard InChI is InChI=1S/C21H28.C20H26.C18H24.C15H24.3C14H22/c1-20(2,3)18-11-7-16(8-12-18)15-17-9-13-19(14-10-17)21(4,5)6;1-19(2,3)17-11-7-15(8-12-17)16-9-13-18(14-10-16)20(4,5)6;1-17(2,3)15-9-7-13-8-10-16(18(4,5)6)12-14(13)11-15;1-11-10-12(14(2,3)4)8-9-13(11)15(5,6)7;1-13(2,3)11-7-9-12(10-8-11)14(4,5)6;1-13(2,3)11-8-7-9-12(10-11)14(4,5)6;1-13(2,3)11-9-7-8-10-12(11)14(4,5)6/h7-14H,15H2,1-6H3;7-14H,1-6H3;7-12H,1-6H3;8-10H,1-7H3;3*7-10H,1-6H3. The average Bonchev–Trinajstić information content (AvgIpc) is 0.807. The molecule has 0 spiro atoms. The molecule has 0 saturated heterocycles. The van der Waals surface area contributed by atoms with Crippen LogP contribution in [0.5, 0.6) is 0 Å². The summed E-state index contributed by atoms with van der Waals surface area (Å²) in [5.41, 5.74) is 29.9. The molecule has 0 amide bonds. The lowest BCUT2D eigenvalue weighted by Gasteiger charge is -2.29. The van der Waals surface area contributed by atoms with Crippen molar-refractivity contribution in [1.82, 2.24) is 0 Å². The summed E-state index contributed by atoms with van der Waals surface area (Å²) in [6.07, 6.45) is 1.01. The topological polar surface area (TPSA) is 0 Å². The third-order valence-electron chi connectivity index (χ3n) is 22.1. The number of aryl methyl sites for hydroxylation is 1. The van der Waals surface area contributed by atoms with Crippen molar-refractivity contribution < 1.29 is 0 Å². The SMILES string of the molecule is CC(C)(C)c1ccc(-c2ccc(C(C)(C)C)cc2)cc1.CC(C)(C)c1ccc(C(C)(C)C)cc1.CC(C)(C)c1ccc(Cc2ccc(C(C)(C)C)cc2)cc1.CC(C)(C)c1ccc2ccc(C(C)(C)C)cc2c1.CC(C)(C)c1cccc(C(C)(C)C)c1.CC(C)(C)c1ccccc1C(C)(C)C.Cc1cc(C(C)(C)C)ccc1C(C)(C)C. The first-order valence-corrected chi connectivity index (χ1v) is 43.7. The monoisotopic (exact) mass is 1560 g/mol. The Morgan fingerprint density at radius 2 is 0.362 bits per heavy atom. The highest BCUT2D eigenvalue weighted by Crippen LogP contribution is 2.38. The van der Waals surface area contributed by atoms with Crippen LogP contribution in [0, 0.1) is 6.92 Å². The number of fused-ring (bicyclic) bond motifs is 1. The van der Waals surface area contributed by atoms with Crippen LogP contribution in [0.3, 0.4) is 0 Å². The van der Waals surface area contributed by atoms with Crippen molar-refractivity contribution in [2.45, 2.75) is 380 Å². The van der Waals surface area contributed by atoms with E-state index in [1.807, 2.05) is 0 Å². The fraction of sp³-hybridized carbons (Fsp3) is 0.500. The van der Waals surface area contributed by atoms with Crippen molar-refractivity contribution in [2.24, 2.45) is 0 Å². The molecule has 0 atom stereocenters. The molecule has 632 valence electrons. The zero-order valence-electron chi connectivity index (χ0n) is 82.6. The van der Waals surface area contributed by atoms with Gasteiger partial charge in [0.05, 0.1) is 0 Å². The molecule has 0 aliphatic rings. The third kappa shape index (κ3) is 32.6. The molecule has 0 unspecified atom stereocenters. The first-order valence-electron chi connectivity index (χ1n) is 43.7. The summed E-state index contributed by atoms with van der Waals surface area (Å²) >= 11 is 0. The van der Waals surface area contributed by atoms with Gasteiger partial charge >= 0.3 is 0 Å². The molecule has 0 radical (unpaired) electrons. The van der Waals surface area contributed by atoms with Crippen molar-refractivity contribution in [3.8, 4) is 11.1 Å². The van der Waals surface area contributed by atoms with Gasteiger partial charge in [-0.05, 0) is 206 Å². The van der Waals surface area contributed by atoms with E-state index in [1.54, 1.807) is 0 Å². The quantitative estimate of drug-likeness (QED) is 0.165. The molecule has 0 aromatic heterocycles. The van der Waals surface area contributed by atoms with Crippen LogP contribution in [-0.4, -0.2) is 0 Å².